The maximum atomic E-state index is 12.3. The highest BCUT2D eigenvalue weighted by Crippen LogP contribution is 2.28. The van der Waals surface area contributed by atoms with Crippen molar-refractivity contribution in [1.29, 1.82) is 0 Å². The summed E-state index contributed by atoms with van der Waals surface area (Å²) in [6.07, 6.45) is 8.39. The van der Waals surface area contributed by atoms with Gasteiger partial charge in [-0.2, -0.15) is 0 Å². The Balaban J connectivity index is 1.78. The summed E-state index contributed by atoms with van der Waals surface area (Å²) in [5.74, 6) is 0.00978. The van der Waals surface area contributed by atoms with E-state index in [1.165, 1.54) is 6.40 Å². The van der Waals surface area contributed by atoms with Gasteiger partial charge in [0, 0.05) is 25.5 Å². The number of ether oxygens (including phenoxy) is 1. The van der Waals surface area contributed by atoms with E-state index in [9.17, 15) is 4.79 Å². The molecule has 0 N–H and O–H groups in total. The summed E-state index contributed by atoms with van der Waals surface area (Å²) >= 11 is 0. The van der Waals surface area contributed by atoms with Crippen molar-refractivity contribution in [3.63, 3.8) is 0 Å². The van der Waals surface area contributed by atoms with Crippen molar-refractivity contribution in [2.24, 2.45) is 4.99 Å². The van der Waals surface area contributed by atoms with Crippen LogP contribution in [-0.2, 0) is 9.53 Å². The Morgan fingerprint density at radius 3 is 2.72 bits per heavy atom. The molecular formula is C13H13N3O2. The molecule has 3 heterocycles. The molecule has 0 unspecified atom stereocenters. The Hall–Kier alpha value is -2.17. The minimum absolute atomic E-state index is 0.00978. The number of nitrogens with zero attached hydrogens (tertiary/aromatic N) is 3. The summed E-state index contributed by atoms with van der Waals surface area (Å²) in [5.41, 5.74) is 0.924. The molecule has 1 amide bonds. The summed E-state index contributed by atoms with van der Waals surface area (Å²) < 4.78 is 5.44. The van der Waals surface area contributed by atoms with Crippen molar-refractivity contribution in [3.05, 3.63) is 42.2 Å². The summed E-state index contributed by atoms with van der Waals surface area (Å²) in [6.45, 7) is 1.32. The third-order valence-corrected chi connectivity index (χ3v) is 3.13. The molecule has 5 nitrogen and oxygen atoms in total. The minimum Gasteiger partial charge on any atom is -0.473 e. The zero-order chi connectivity index (χ0) is 12.4. The SMILES string of the molecule is O=C([C@H]1N=CO[C@@H]1c1ccncc1)N1CC=CC1. The first-order valence-corrected chi connectivity index (χ1v) is 5.87. The topological polar surface area (TPSA) is 54.8 Å². The summed E-state index contributed by atoms with van der Waals surface area (Å²) in [7, 11) is 0. The molecule has 2 atom stereocenters. The molecule has 18 heavy (non-hydrogen) atoms. The van der Waals surface area contributed by atoms with E-state index in [4.69, 9.17) is 4.74 Å². The molecule has 0 fully saturated rings. The third-order valence-electron chi connectivity index (χ3n) is 3.13. The lowest BCUT2D eigenvalue weighted by Crippen LogP contribution is -2.38. The van der Waals surface area contributed by atoms with Crippen LogP contribution in [0.3, 0.4) is 0 Å². The van der Waals surface area contributed by atoms with Crippen molar-refractivity contribution in [1.82, 2.24) is 9.88 Å². The van der Waals surface area contributed by atoms with E-state index in [0.717, 1.165) is 5.56 Å². The van der Waals surface area contributed by atoms with Crippen LogP contribution in [-0.4, -0.2) is 41.3 Å². The predicted octanol–water partition coefficient (Wildman–Crippen LogP) is 0.948. The van der Waals surface area contributed by atoms with Gasteiger partial charge in [-0.15, -0.1) is 0 Å². The number of hydrogen-bond donors (Lipinski definition) is 0. The lowest BCUT2D eigenvalue weighted by Gasteiger charge is -2.22. The number of carbonyl (C=O) groups is 1. The molecule has 0 radical (unpaired) electrons. The number of carbonyl (C=O) groups excluding carboxylic acids is 1. The Bertz CT molecular complexity index is 490. The Kier molecular flexibility index (Phi) is 2.80. The lowest BCUT2D eigenvalue weighted by molar-refractivity contribution is -0.132. The van der Waals surface area contributed by atoms with Gasteiger partial charge >= 0.3 is 0 Å². The van der Waals surface area contributed by atoms with E-state index >= 15 is 0 Å². The van der Waals surface area contributed by atoms with Crippen LogP contribution >= 0.6 is 0 Å². The predicted molar refractivity (Wildman–Crippen MR) is 66.1 cm³/mol. The van der Waals surface area contributed by atoms with E-state index < -0.39 is 6.04 Å². The molecule has 1 aromatic heterocycles. The monoisotopic (exact) mass is 243 g/mol. The van der Waals surface area contributed by atoms with Crippen LogP contribution in [0.1, 0.15) is 11.7 Å². The first-order valence-electron chi connectivity index (χ1n) is 5.87. The first kappa shape index (κ1) is 11.0. The Morgan fingerprint density at radius 1 is 1.28 bits per heavy atom. The number of aromatic nitrogens is 1. The van der Waals surface area contributed by atoms with Gasteiger partial charge in [0.15, 0.2) is 18.5 Å². The second kappa shape index (κ2) is 4.60. The van der Waals surface area contributed by atoms with Gasteiger partial charge in [-0.1, -0.05) is 12.2 Å². The molecule has 0 aliphatic carbocycles. The molecule has 0 saturated carbocycles. The van der Waals surface area contributed by atoms with Crippen molar-refractivity contribution in [2.75, 3.05) is 13.1 Å². The molecule has 0 bridgehead atoms. The summed E-state index contributed by atoms with van der Waals surface area (Å²) in [4.78, 5) is 22.2. The van der Waals surface area contributed by atoms with Gasteiger partial charge in [-0.25, -0.2) is 4.99 Å². The molecule has 0 spiro atoms. The Morgan fingerprint density at radius 2 is 2.00 bits per heavy atom. The van der Waals surface area contributed by atoms with Gasteiger partial charge in [0.05, 0.1) is 0 Å². The standard InChI is InChI=1S/C13H13N3O2/c17-13(16-7-1-2-8-16)11-12(18-9-15-11)10-3-5-14-6-4-10/h1-6,9,11-12H,7-8H2/t11-,12+/m0/s1. The van der Waals surface area contributed by atoms with Crippen LogP contribution in [0.15, 0.2) is 41.7 Å². The molecule has 3 rings (SSSR count). The van der Waals surface area contributed by atoms with E-state index in [-0.39, 0.29) is 12.0 Å². The zero-order valence-electron chi connectivity index (χ0n) is 9.77. The number of rotatable bonds is 2. The average Bonchev–Trinajstić information content (AvgIpc) is 3.10. The maximum Gasteiger partial charge on any atom is 0.252 e. The van der Waals surface area contributed by atoms with Crippen molar-refractivity contribution in [3.8, 4) is 0 Å². The van der Waals surface area contributed by atoms with Crippen LogP contribution in [0.5, 0.6) is 0 Å². The van der Waals surface area contributed by atoms with Crippen LogP contribution in [0.25, 0.3) is 0 Å². The van der Waals surface area contributed by atoms with E-state index in [0.29, 0.717) is 13.1 Å². The molecule has 2 aliphatic heterocycles. The van der Waals surface area contributed by atoms with Gasteiger partial charge < -0.3 is 9.64 Å². The van der Waals surface area contributed by atoms with Crippen molar-refractivity contribution in [2.45, 2.75) is 12.1 Å². The number of aliphatic imine (C=N–C) groups is 1. The second-order valence-corrected chi connectivity index (χ2v) is 4.25. The van der Waals surface area contributed by atoms with Crippen LogP contribution in [0, 0.1) is 0 Å². The van der Waals surface area contributed by atoms with Crippen molar-refractivity contribution >= 4 is 12.3 Å². The molecular weight excluding hydrogens is 230 g/mol. The van der Waals surface area contributed by atoms with E-state index in [2.05, 4.69) is 9.98 Å². The van der Waals surface area contributed by atoms with Crippen LogP contribution < -0.4 is 0 Å². The fourth-order valence-electron chi connectivity index (χ4n) is 2.17. The normalized spacial score (nSPS) is 25.4. The van der Waals surface area contributed by atoms with Gasteiger partial charge in [-0.3, -0.25) is 9.78 Å². The van der Waals surface area contributed by atoms with E-state index in [1.54, 1.807) is 17.3 Å². The summed E-state index contributed by atoms with van der Waals surface area (Å²) in [6, 6.07) is 3.22. The van der Waals surface area contributed by atoms with Crippen molar-refractivity contribution < 1.29 is 9.53 Å². The first-order chi connectivity index (χ1) is 8.86. The molecule has 0 saturated heterocycles. The second-order valence-electron chi connectivity index (χ2n) is 4.25. The molecule has 2 aliphatic rings. The van der Waals surface area contributed by atoms with Crippen LogP contribution in [0.4, 0.5) is 0 Å². The molecule has 0 aromatic carbocycles. The average molecular weight is 243 g/mol. The quantitative estimate of drug-likeness (QED) is 0.727. The highest BCUT2D eigenvalue weighted by atomic mass is 16.5. The van der Waals surface area contributed by atoms with Gasteiger partial charge in [-0.05, 0) is 17.7 Å². The molecule has 92 valence electrons. The Labute approximate surface area is 105 Å². The largest absolute Gasteiger partial charge is 0.473 e. The van der Waals surface area contributed by atoms with Crippen LogP contribution in [0.2, 0.25) is 0 Å². The molecule has 1 aromatic rings. The van der Waals surface area contributed by atoms with Gasteiger partial charge in [0.25, 0.3) is 5.91 Å². The number of amides is 1. The zero-order valence-corrected chi connectivity index (χ0v) is 9.77. The maximum absolute atomic E-state index is 12.3. The third kappa shape index (κ3) is 1.88. The number of hydrogen-bond acceptors (Lipinski definition) is 4. The van der Waals surface area contributed by atoms with Gasteiger partial charge in [0.1, 0.15) is 0 Å². The highest BCUT2D eigenvalue weighted by molar-refractivity contribution is 5.85. The van der Waals surface area contributed by atoms with E-state index in [1.807, 2.05) is 24.3 Å². The summed E-state index contributed by atoms with van der Waals surface area (Å²) in [5, 5.41) is 0. The smallest absolute Gasteiger partial charge is 0.252 e. The lowest BCUT2D eigenvalue weighted by atomic mass is 10.0. The minimum atomic E-state index is -0.479. The fourth-order valence-corrected chi connectivity index (χ4v) is 2.17. The highest BCUT2D eigenvalue weighted by Gasteiger charge is 2.36. The number of pyridine rings is 1. The van der Waals surface area contributed by atoms with Gasteiger partial charge in [0.2, 0.25) is 0 Å². The fraction of sp³-hybridized carbons (Fsp3) is 0.308. The molecule has 5 heteroatoms.